The average molecular weight is 542 g/mol. The highest BCUT2D eigenvalue weighted by molar-refractivity contribution is 6.30. The van der Waals surface area contributed by atoms with Gasteiger partial charge in [-0.25, -0.2) is 0 Å². The number of amides is 2. The molecule has 2 heterocycles. The number of carbonyl (C=O) groups excluding carboxylic acids is 2. The Bertz CT molecular complexity index is 1430. The number of benzene rings is 3. The van der Waals surface area contributed by atoms with E-state index in [0.717, 1.165) is 46.8 Å². The lowest BCUT2D eigenvalue weighted by Gasteiger charge is -2.39. The van der Waals surface area contributed by atoms with Crippen LogP contribution in [0.1, 0.15) is 48.0 Å². The quantitative estimate of drug-likeness (QED) is 0.226. The Morgan fingerprint density at radius 1 is 0.923 bits per heavy atom. The Morgan fingerprint density at radius 2 is 1.62 bits per heavy atom. The van der Waals surface area contributed by atoms with Crippen molar-refractivity contribution in [2.45, 2.75) is 31.2 Å². The van der Waals surface area contributed by atoms with Gasteiger partial charge in [-0.3, -0.25) is 14.5 Å². The second kappa shape index (κ2) is 11.8. The molecular formula is C32H32ClN3O3. The van der Waals surface area contributed by atoms with Crippen LogP contribution < -0.4 is 9.64 Å². The van der Waals surface area contributed by atoms with E-state index in [1.165, 1.54) is 0 Å². The van der Waals surface area contributed by atoms with Crippen molar-refractivity contribution in [2.24, 2.45) is 0 Å². The maximum Gasteiger partial charge on any atom is 0.247 e. The maximum absolute atomic E-state index is 14.3. The number of hydrogen-bond donors (Lipinski definition) is 0. The van der Waals surface area contributed by atoms with E-state index in [4.69, 9.17) is 16.3 Å². The van der Waals surface area contributed by atoms with Crippen LogP contribution in [-0.2, 0) is 9.59 Å². The van der Waals surface area contributed by atoms with Crippen molar-refractivity contribution in [1.82, 2.24) is 9.47 Å². The second-order valence-electron chi connectivity index (χ2n) is 9.62. The standard InChI is InChI=1S/C32H32ClN3O3/c1-3-4-20-34(32(38)30(33)23-11-6-5-7-12-23)22-29(37)36-27-14-9-8-13-26(27)35-21-10-15-28(35)31(36)24-16-18-25(39-2)19-17-24/h5-19,21,30-31H,3-4,20,22H2,1-2H3. The molecule has 1 aromatic heterocycles. The summed E-state index contributed by atoms with van der Waals surface area (Å²) in [4.78, 5) is 31.3. The van der Waals surface area contributed by atoms with E-state index >= 15 is 0 Å². The first kappa shape index (κ1) is 26.6. The summed E-state index contributed by atoms with van der Waals surface area (Å²) >= 11 is 6.65. The van der Waals surface area contributed by atoms with Crippen LogP contribution in [0.2, 0.25) is 0 Å². The zero-order valence-corrected chi connectivity index (χ0v) is 22.9. The number of alkyl halides is 1. The maximum atomic E-state index is 14.3. The summed E-state index contributed by atoms with van der Waals surface area (Å²) in [5.41, 5.74) is 4.35. The summed E-state index contributed by atoms with van der Waals surface area (Å²) in [5.74, 6) is 0.310. The highest BCUT2D eigenvalue weighted by Gasteiger charge is 2.37. The predicted octanol–water partition coefficient (Wildman–Crippen LogP) is 6.53. The van der Waals surface area contributed by atoms with Crippen molar-refractivity contribution >= 4 is 29.1 Å². The Balaban J connectivity index is 1.52. The molecule has 2 atom stereocenters. The molecule has 3 aromatic carbocycles. The van der Waals surface area contributed by atoms with Crippen molar-refractivity contribution in [3.8, 4) is 11.4 Å². The van der Waals surface area contributed by atoms with Crippen LogP contribution >= 0.6 is 11.6 Å². The van der Waals surface area contributed by atoms with E-state index in [-0.39, 0.29) is 24.4 Å². The molecule has 5 rings (SSSR count). The molecule has 2 unspecified atom stereocenters. The first-order chi connectivity index (χ1) is 19.0. The monoisotopic (exact) mass is 541 g/mol. The van der Waals surface area contributed by atoms with Crippen LogP contribution in [0.15, 0.2) is 97.2 Å². The van der Waals surface area contributed by atoms with Crippen LogP contribution in [0, 0.1) is 0 Å². The third-order valence-electron chi connectivity index (χ3n) is 7.15. The van der Waals surface area contributed by atoms with Gasteiger partial charge in [-0.1, -0.05) is 67.9 Å². The molecule has 0 saturated heterocycles. The number of carbonyl (C=O) groups is 2. The van der Waals surface area contributed by atoms with Crippen molar-refractivity contribution < 1.29 is 14.3 Å². The number of ether oxygens (including phenoxy) is 1. The average Bonchev–Trinajstić information content (AvgIpc) is 3.48. The van der Waals surface area contributed by atoms with Crippen LogP contribution in [0.3, 0.4) is 0 Å². The van der Waals surface area contributed by atoms with Crippen LogP contribution in [0.5, 0.6) is 5.75 Å². The van der Waals surface area contributed by atoms with Gasteiger partial charge in [0.1, 0.15) is 23.7 Å². The molecule has 0 bridgehead atoms. The Hall–Kier alpha value is -4.03. The normalized spacial score (nSPS) is 14.7. The van der Waals surface area contributed by atoms with Gasteiger partial charge in [-0.2, -0.15) is 0 Å². The second-order valence-corrected chi connectivity index (χ2v) is 10.1. The smallest absolute Gasteiger partial charge is 0.247 e. The summed E-state index contributed by atoms with van der Waals surface area (Å²) in [5, 5.41) is -0.862. The SMILES string of the molecule is CCCCN(CC(=O)N1c2ccccc2-n2cccc2C1c1ccc(OC)cc1)C(=O)C(Cl)c1ccccc1. The Kier molecular flexibility index (Phi) is 8.03. The van der Waals surface area contributed by atoms with Gasteiger partial charge < -0.3 is 14.2 Å². The van der Waals surface area contributed by atoms with E-state index in [1.54, 1.807) is 12.0 Å². The summed E-state index contributed by atoms with van der Waals surface area (Å²) in [6.45, 7) is 2.45. The number of rotatable bonds is 9. The molecule has 0 fully saturated rings. The molecule has 0 aliphatic carbocycles. The number of para-hydroxylation sites is 2. The zero-order valence-electron chi connectivity index (χ0n) is 22.2. The van der Waals surface area contributed by atoms with E-state index in [9.17, 15) is 9.59 Å². The number of anilines is 1. The van der Waals surface area contributed by atoms with Gasteiger partial charge in [-0.15, -0.1) is 11.6 Å². The largest absolute Gasteiger partial charge is 0.497 e. The number of halogens is 1. The van der Waals surface area contributed by atoms with E-state index < -0.39 is 5.38 Å². The van der Waals surface area contributed by atoms with E-state index in [0.29, 0.717) is 6.54 Å². The van der Waals surface area contributed by atoms with Gasteiger partial charge in [0, 0.05) is 12.7 Å². The summed E-state index contributed by atoms with van der Waals surface area (Å²) < 4.78 is 7.50. The highest BCUT2D eigenvalue weighted by atomic mass is 35.5. The van der Waals surface area contributed by atoms with Gasteiger partial charge in [-0.05, 0) is 53.9 Å². The molecule has 1 aliphatic heterocycles. The zero-order chi connectivity index (χ0) is 27.4. The number of nitrogens with zero attached hydrogens (tertiary/aromatic N) is 3. The number of hydrogen-bond acceptors (Lipinski definition) is 3. The molecule has 2 amide bonds. The highest BCUT2D eigenvalue weighted by Crippen LogP contribution is 2.42. The number of fused-ring (bicyclic) bond motifs is 3. The molecule has 39 heavy (non-hydrogen) atoms. The molecule has 0 saturated carbocycles. The minimum atomic E-state index is -0.862. The van der Waals surface area contributed by atoms with Crippen molar-refractivity contribution in [1.29, 1.82) is 0 Å². The molecular weight excluding hydrogens is 510 g/mol. The predicted molar refractivity (Wildman–Crippen MR) is 155 cm³/mol. The summed E-state index contributed by atoms with van der Waals surface area (Å²) in [6, 6.07) is 28.6. The van der Waals surface area contributed by atoms with Crippen molar-refractivity contribution in [2.75, 3.05) is 25.1 Å². The molecule has 0 radical (unpaired) electrons. The van der Waals surface area contributed by atoms with Gasteiger partial charge in [0.05, 0.1) is 24.2 Å². The first-order valence-corrected chi connectivity index (χ1v) is 13.7. The summed E-state index contributed by atoms with van der Waals surface area (Å²) in [6.07, 6.45) is 3.69. The van der Waals surface area contributed by atoms with Gasteiger partial charge in [0.25, 0.3) is 0 Å². The van der Waals surface area contributed by atoms with E-state index in [2.05, 4.69) is 11.5 Å². The topological polar surface area (TPSA) is 54.8 Å². The molecule has 0 N–H and O–H groups in total. The number of aromatic nitrogens is 1. The van der Waals surface area contributed by atoms with Gasteiger partial charge in [0.15, 0.2) is 0 Å². The third-order valence-corrected chi connectivity index (χ3v) is 7.59. The Labute approximate surface area is 234 Å². The van der Waals surface area contributed by atoms with Crippen LogP contribution in [0.4, 0.5) is 5.69 Å². The lowest BCUT2D eigenvalue weighted by atomic mass is 9.97. The van der Waals surface area contributed by atoms with Crippen LogP contribution in [0.25, 0.3) is 5.69 Å². The van der Waals surface area contributed by atoms with Gasteiger partial charge >= 0.3 is 0 Å². The van der Waals surface area contributed by atoms with Crippen LogP contribution in [-0.4, -0.2) is 41.5 Å². The fourth-order valence-corrected chi connectivity index (χ4v) is 5.43. The van der Waals surface area contributed by atoms with Crippen molar-refractivity contribution in [3.05, 3.63) is 114 Å². The third kappa shape index (κ3) is 5.30. The molecule has 7 heteroatoms. The van der Waals surface area contributed by atoms with E-state index in [1.807, 2.05) is 102 Å². The van der Waals surface area contributed by atoms with Gasteiger partial charge in [0.2, 0.25) is 11.8 Å². The minimum Gasteiger partial charge on any atom is -0.497 e. The molecule has 4 aromatic rings. The molecule has 200 valence electrons. The lowest BCUT2D eigenvalue weighted by Crippen LogP contribution is -2.47. The minimum absolute atomic E-state index is 0.0728. The molecule has 6 nitrogen and oxygen atoms in total. The lowest BCUT2D eigenvalue weighted by molar-refractivity contribution is -0.135. The Morgan fingerprint density at radius 3 is 2.31 bits per heavy atom. The number of methoxy groups -OCH3 is 1. The number of unbranched alkanes of at least 4 members (excludes halogenated alkanes) is 1. The molecule has 1 aliphatic rings. The summed E-state index contributed by atoms with van der Waals surface area (Å²) in [7, 11) is 1.63. The van der Waals surface area contributed by atoms with Crippen molar-refractivity contribution in [3.63, 3.8) is 0 Å². The fraction of sp³-hybridized carbons (Fsp3) is 0.250. The fourth-order valence-electron chi connectivity index (χ4n) is 5.14. The molecule has 0 spiro atoms. The first-order valence-electron chi connectivity index (χ1n) is 13.2.